The first-order chi connectivity index (χ1) is 17.6. The predicted octanol–water partition coefficient (Wildman–Crippen LogP) is 6.53. The molecule has 2 atom stereocenters. The highest BCUT2D eigenvalue weighted by atomic mass is 32.2. The Balaban J connectivity index is 1.30. The highest BCUT2D eigenvalue weighted by Crippen LogP contribution is 2.38. The van der Waals surface area contributed by atoms with Crippen LogP contribution in [0, 0.1) is 6.92 Å². The van der Waals surface area contributed by atoms with Crippen LogP contribution in [0.15, 0.2) is 89.8 Å². The Hall–Kier alpha value is -3.25. The number of aryl methyl sites for hydroxylation is 1. The standard InChI is InChI=1S/C30H34N2O3S/c1-23-12-15-27(16-13-23)36-28(25-10-6-3-7-11-25)19-21-32-20-18-26(14-17-29(32)33)31-30(34)35-22-24-8-4-2-5-9-24/h2-13,15-16,26,28H,14,17-22H2,1H3,(H,31,34)/t26-,28+/m1/s1. The summed E-state index contributed by atoms with van der Waals surface area (Å²) in [4.78, 5) is 28.4. The van der Waals surface area contributed by atoms with Gasteiger partial charge in [-0.3, -0.25) is 4.79 Å². The van der Waals surface area contributed by atoms with Crippen molar-refractivity contribution in [1.29, 1.82) is 0 Å². The van der Waals surface area contributed by atoms with Crippen LogP contribution in [0.5, 0.6) is 0 Å². The Morgan fingerprint density at radius 3 is 2.42 bits per heavy atom. The first-order valence-electron chi connectivity index (χ1n) is 12.6. The summed E-state index contributed by atoms with van der Waals surface area (Å²) >= 11 is 1.85. The minimum Gasteiger partial charge on any atom is -0.445 e. The molecule has 1 N–H and O–H groups in total. The fourth-order valence-electron chi connectivity index (χ4n) is 4.36. The largest absolute Gasteiger partial charge is 0.445 e. The van der Waals surface area contributed by atoms with Crippen LogP contribution in [0.1, 0.15) is 47.6 Å². The Kier molecular flexibility index (Phi) is 9.45. The van der Waals surface area contributed by atoms with Gasteiger partial charge in [-0.2, -0.15) is 0 Å². The van der Waals surface area contributed by atoms with Crippen LogP contribution in [0.3, 0.4) is 0 Å². The number of benzene rings is 3. The van der Waals surface area contributed by atoms with E-state index in [0.29, 0.717) is 25.9 Å². The van der Waals surface area contributed by atoms with Crippen LogP contribution in [0.25, 0.3) is 0 Å². The molecule has 3 aromatic carbocycles. The molecule has 0 radical (unpaired) electrons. The van der Waals surface area contributed by atoms with Crippen LogP contribution in [0.2, 0.25) is 0 Å². The number of nitrogens with one attached hydrogen (secondary N) is 1. The monoisotopic (exact) mass is 502 g/mol. The van der Waals surface area contributed by atoms with Gasteiger partial charge in [0.25, 0.3) is 0 Å². The van der Waals surface area contributed by atoms with E-state index < -0.39 is 6.09 Å². The Morgan fingerprint density at radius 2 is 1.69 bits per heavy atom. The fourth-order valence-corrected chi connectivity index (χ4v) is 5.50. The van der Waals surface area contributed by atoms with Crippen molar-refractivity contribution in [2.75, 3.05) is 13.1 Å². The third-order valence-corrected chi connectivity index (χ3v) is 7.81. The minimum absolute atomic E-state index is 0.0610. The SMILES string of the molecule is Cc1ccc(S[C@@H](CCN2CC[C@H](NC(=O)OCc3ccccc3)CCC2=O)c2ccccc2)cc1. The van der Waals surface area contributed by atoms with E-state index in [1.807, 2.05) is 53.1 Å². The van der Waals surface area contributed by atoms with E-state index in [0.717, 1.165) is 18.4 Å². The molecule has 36 heavy (non-hydrogen) atoms. The van der Waals surface area contributed by atoms with Gasteiger partial charge in [0.15, 0.2) is 0 Å². The average Bonchev–Trinajstić information content (AvgIpc) is 3.08. The summed E-state index contributed by atoms with van der Waals surface area (Å²) in [6.45, 7) is 3.67. The quantitative estimate of drug-likeness (QED) is 0.338. The van der Waals surface area contributed by atoms with E-state index in [4.69, 9.17) is 4.74 Å². The van der Waals surface area contributed by atoms with Crippen molar-refractivity contribution in [2.24, 2.45) is 0 Å². The molecule has 1 aliphatic rings. The molecule has 1 saturated heterocycles. The number of ether oxygens (including phenoxy) is 1. The lowest BCUT2D eigenvalue weighted by Crippen LogP contribution is -2.36. The summed E-state index contributed by atoms with van der Waals surface area (Å²) in [7, 11) is 0. The smallest absolute Gasteiger partial charge is 0.407 e. The third kappa shape index (κ3) is 7.89. The fraction of sp³-hybridized carbons (Fsp3) is 0.333. The van der Waals surface area contributed by atoms with Crippen LogP contribution in [0.4, 0.5) is 4.79 Å². The van der Waals surface area contributed by atoms with Gasteiger partial charge in [0.05, 0.1) is 0 Å². The van der Waals surface area contributed by atoms with E-state index in [1.54, 1.807) is 0 Å². The first-order valence-corrected chi connectivity index (χ1v) is 13.5. The number of carbonyl (C=O) groups excluding carboxylic acids is 2. The molecular formula is C30H34N2O3S. The van der Waals surface area contributed by atoms with Gasteiger partial charge in [-0.1, -0.05) is 78.4 Å². The van der Waals surface area contributed by atoms with Gasteiger partial charge in [0, 0.05) is 35.7 Å². The molecule has 1 heterocycles. The summed E-state index contributed by atoms with van der Waals surface area (Å²) < 4.78 is 5.37. The number of rotatable bonds is 9. The van der Waals surface area contributed by atoms with Crippen molar-refractivity contribution in [1.82, 2.24) is 10.2 Å². The molecular weight excluding hydrogens is 468 g/mol. The minimum atomic E-state index is -0.427. The molecule has 0 saturated carbocycles. The molecule has 2 amide bonds. The van der Waals surface area contributed by atoms with Crippen molar-refractivity contribution in [2.45, 2.75) is 55.4 Å². The molecule has 0 spiro atoms. The average molecular weight is 503 g/mol. The number of thioether (sulfide) groups is 1. The van der Waals surface area contributed by atoms with Gasteiger partial charge in [0.1, 0.15) is 6.61 Å². The van der Waals surface area contributed by atoms with Crippen LogP contribution < -0.4 is 5.32 Å². The van der Waals surface area contributed by atoms with Gasteiger partial charge in [-0.25, -0.2) is 4.79 Å². The lowest BCUT2D eigenvalue weighted by atomic mass is 10.1. The zero-order valence-corrected chi connectivity index (χ0v) is 21.6. The van der Waals surface area contributed by atoms with Crippen molar-refractivity contribution in [3.8, 4) is 0 Å². The third-order valence-electron chi connectivity index (χ3n) is 6.47. The Bertz CT molecular complexity index is 1110. The number of alkyl carbamates (subject to hydrolysis) is 1. The van der Waals surface area contributed by atoms with Crippen LogP contribution >= 0.6 is 11.8 Å². The van der Waals surface area contributed by atoms with Gasteiger partial charge in [0.2, 0.25) is 5.91 Å². The topological polar surface area (TPSA) is 58.6 Å². The van der Waals surface area contributed by atoms with Gasteiger partial charge in [-0.05, 0) is 49.4 Å². The van der Waals surface area contributed by atoms with E-state index >= 15 is 0 Å². The van der Waals surface area contributed by atoms with Crippen LogP contribution in [-0.2, 0) is 16.1 Å². The number of nitrogens with zero attached hydrogens (tertiary/aromatic N) is 1. The number of likely N-dealkylation sites (tertiary alicyclic amines) is 1. The molecule has 0 aromatic heterocycles. The maximum atomic E-state index is 12.9. The summed E-state index contributed by atoms with van der Waals surface area (Å²) in [6, 6.07) is 28.7. The normalized spacial score (nSPS) is 16.8. The maximum absolute atomic E-state index is 12.9. The van der Waals surface area contributed by atoms with E-state index in [9.17, 15) is 9.59 Å². The number of amides is 2. The van der Waals surface area contributed by atoms with Gasteiger partial charge >= 0.3 is 6.09 Å². The van der Waals surface area contributed by atoms with E-state index in [2.05, 4.69) is 60.8 Å². The number of carbonyl (C=O) groups is 2. The lowest BCUT2D eigenvalue weighted by Gasteiger charge is -2.24. The van der Waals surface area contributed by atoms with Crippen LogP contribution in [-0.4, -0.2) is 36.0 Å². The van der Waals surface area contributed by atoms with Crippen molar-refractivity contribution >= 4 is 23.8 Å². The molecule has 3 aromatic rings. The molecule has 1 aliphatic heterocycles. The highest BCUT2D eigenvalue weighted by molar-refractivity contribution is 7.99. The second-order valence-corrected chi connectivity index (χ2v) is 10.5. The molecule has 0 aliphatic carbocycles. The van der Waals surface area contributed by atoms with Crippen molar-refractivity contribution in [3.05, 3.63) is 102 Å². The van der Waals surface area contributed by atoms with Gasteiger partial charge < -0.3 is 15.0 Å². The summed E-state index contributed by atoms with van der Waals surface area (Å²) in [5, 5.41) is 3.21. The highest BCUT2D eigenvalue weighted by Gasteiger charge is 2.25. The first kappa shape index (κ1) is 25.8. The molecule has 6 heteroatoms. The zero-order chi connectivity index (χ0) is 25.2. The second kappa shape index (κ2) is 13.2. The lowest BCUT2D eigenvalue weighted by molar-refractivity contribution is -0.130. The molecule has 1 fully saturated rings. The maximum Gasteiger partial charge on any atom is 0.407 e. The zero-order valence-electron chi connectivity index (χ0n) is 20.8. The summed E-state index contributed by atoms with van der Waals surface area (Å²) in [5.41, 5.74) is 3.47. The second-order valence-electron chi connectivity index (χ2n) is 9.23. The summed E-state index contributed by atoms with van der Waals surface area (Å²) in [6.07, 6.45) is 2.24. The molecule has 0 unspecified atom stereocenters. The molecule has 0 bridgehead atoms. The van der Waals surface area contributed by atoms with Gasteiger partial charge in [-0.15, -0.1) is 11.8 Å². The number of hydrogen-bond donors (Lipinski definition) is 1. The number of hydrogen-bond acceptors (Lipinski definition) is 4. The Morgan fingerprint density at radius 1 is 1.00 bits per heavy atom. The van der Waals surface area contributed by atoms with E-state index in [-0.39, 0.29) is 23.8 Å². The molecule has 4 rings (SSSR count). The Labute approximate surface area is 218 Å². The molecule has 5 nitrogen and oxygen atoms in total. The molecule has 188 valence electrons. The van der Waals surface area contributed by atoms with Crippen molar-refractivity contribution < 1.29 is 14.3 Å². The summed E-state index contributed by atoms with van der Waals surface area (Å²) in [5.74, 6) is 0.157. The van der Waals surface area contributed by atoms with Crippen molar-refractivity contribution in [3.63, 3.8) is 0 Å². The van der Waals surface area contributed by atoms with E-state index in [1.165, 1.54) is 16.0 Å². The predicted molar refractivity (Wildman–Crippen MR) is 145 cm³/mol.